The van der Waals surface area contributed by atoms with Crippen LogP contribution in [0.25, 0.3) is 0 Å². The van der Waals surface area contributed by atoms with Crippen LogP contribution < -0.4 is 10.6 Å². The number of nitrogens with one attached hydrogen (secondary N) is 2. The first-order valence-electron chi connectivity index (χ1n) is 7.63. The number of nitrogens with zero attached hydrogens (tertiary/aromatic N) is 1. The quantitative estimate of drug-likeness (QED) is 0.729. The minimum absolute atomic E-state index is 0.596. The average Bonchev–Trinajstić information content (AvgIpc) is 2.28. The maximum atomic E-state index is 3.81. The molecule has 1 aliphatic heterocycles. The van der Waals surface area contributed by atoms with E-state index in [1.54, 1.807) is 0 Å². The molecular formula is C15H33N3. The zero-order valence-electron chi connectivity index (χ0n) is 13.0. The molecule has 18 heavy (non-hydrogen) atoms. The van der Waals surface area contributed by atoms with Crippen LogP contribution in [0.15, 0.2) is 0 Å². The molecular weight excluding hydrogens is 222 g/mol. The van der Waals surface area contributed by atoms with Crippen LogP contribution in [0, 0.1) is 5.92 Å². The molecule has 0 aliphatic carbocycles. The van der Waals surface area contributed by atoms with Gasteiger partial charge in [-0.15, -0.1) is 0 Å². The molecule has 1 aliphatic rings. The highest BCUT2D eigenvalue weighted by molar-refractivity contribution is 4.81. The summed E-state index contributed by atoms with van der Waals surface area (Å²) < 4.78 is 0. The maximum absolute atomic E-state index is 3.81. The SMILES string of the molecule is CC(CC1CCCCN1)NC(CN(C)C)C(C)C. The molecule has 0 aromatic rings. The Kier molecular flexibility index (Phi) is 7.20. The predicted octanol–water partition coefficient (Wildman–Crippen LogP) is 2.08. The largest absolute Gasteiger partial charge is 0.314 e. The third-order valence-electron chi connectivity index (χ3n) is 3.92. The number of likely N-dealkylation sites (N-methyl/N-ethyl adjacent to an activating group) is 1. The van der Waals surface area contributed by atoms with Crippen LogP contribution in [-0.2, 0) is 0 Å². The Bertz CT molecular complexity index is 210. The van der Waals surface area contributed by atoms with E-state index < -0.39 is 0 Å². The second-order valence-corrected chi connectivity index (χ2v) is 6.56. The van der Waals surface area contributed by atoms with Gasteiger partial charge < -0.3 is 15.5 Å². The van der Waals surface area contributed by atoms with Gasteiger partial charge in [0.25, 0.3) is 0 Å². The van der Waals surface area contributed by atoms with E-state index in [4.69, 9.17) is 0 Å². The molecule has 3 unspecified atom stereocenters. The molecule has 0 aromatic carbocycles. The normalized spacial score (nSPS) is 24.5. The highest BCUT2D eigenvalue weighted by Gasteiger charge is 2.20. The highest BCUT2D eigenvalue weighted by Crippen LogP contribution is 2.13. The van der Waals surface area contributed by atoms with Gasteiger partial charge in [0, 0.05) is 24.7 Å². The summed E-state index contributed by atoms with van der Waals surface area (Å²) >= 11 is 0. The van der Waals surface area contributed by atoms with E-state index in [1.807, 2.05) is 0 Å². The van der Waals surface area contributed by atoms with Crippen LogP contribution in [0.4, 0.5) is 0 Å². The summed E-state index contributed by atoms with van der Waals surface area (Å²) in [5, 5.41) is 7.46. The lowest BCUT2D eigenvalue weighted by Gasteiger charge is -2.32. The van der Waals surface area contributed by atoms with Gasteiger partial charge in [-0.1, -0.05) is 20.3 Å². The van der Waals surface area contributed by atoms with Crippen LogP contribution in [0.2, 0.25) is 0 Å². The number of hydrogen-bond donors (Lipinski definition) is 2. The molecule has 0 amide bonds. The zero-order chi connectivity index (χ0) is 13.5. The van der Waals surface area contributed by atoms with Crippen molar-refractivity contribution in [2.24, 2.45) is 5.92 Å². The van der Waals surface area contributed by atoms with Crippen LogP contribution >= 0.6 is 0 Å². The van der Waals surface area contributed by atoms with Crippen molar-refractivity contribution in [3.05, 3.63) is 0 Å². The second-order valence-electron chi connectivity index (χ2n) is 6.56. The lowest BCUT2D eigenvalue weighted by atomic mass is 9.97. The molecule has 3 heteroatoms. The Hall–Kier alpha value is -0.120. The monoisotopic (exact) mass is 255 g/mol. The Morgan fingerprint density at radius 1 is 1.22 bits per heavy atom. The molecule has 3 atom stereocenters. The molecule has 1 heterocycles. The van der Waals surface area contributed by atoms with Crippen LogP contribution in [0.3, 0.4) is 0 Å². The minimum Gasteiger partial charge on any atom is -0.314 e. The van der Waals surface area contributed by atoms with Crippen LogP contribution in [-0.4, -0.2) is 50.2 Å². The van der Waals surface area contributed by atoms with Crippen molar-refractivity contribution in [3.8, 4) is 0 Å². The van der Waals surface area contributed by atoms with E-state index in [0.29, 0.717) is 18.0 Å². The van der Waals surface area contributed by atoms with E-state index in [-0.39, 0.29) is 0 Å². The number of rotatable bonds is 7. The van der Waals surface area contributed by atoms with Gasteiger partial charge in [0.15, 0.2) is 0 Å². The fourth-order valence-corrected chi connectivity index (χ4v) is 2.83. The summed E-state index contributed by atoms with van der Waals surface area (Å²) in [5.74, 6) is 0.689. The molecule has 2 N–H and O–H groups in total. The maximum Gasteiger partial charge on any atom is 0.0220 e. The molecule has 1 fully saturated rings. The van der Waals surface area contributed by atoms with Crippen molar-refractivity contribution >= 4 is 0 Å². The highest BCUT2D eigenvalue weighted by atomic mass is 15.1. The molecule has 0 spiro atoms. The molecule has 1 rings (SSSR count). The first-order chi connectivity index (χ1) is 8.49. The standard InChI is InChI=1S/C15H33N3/c1-12(2)15(11-18(4)5)17-13(3)10-14-8-6-7-9-16-14/h12-17H,6-11H2,1-5H3. The summed E-state index contributed by atoms with van der Waals surface area (Å²) in [6, 6.07) is 1.93. The van der Waals surface area contributed by atoms with Gasteiger partial charge in [0.2, 0.25) is 0 Å². The fourth-order valence-electron chi connectivity index (χ4n) is 2.83. The zero-order valence-corrected chi connectivity index (χ0v) is 13.0. The summed E-state index contributed by atoms with van der Waals surface area (Å²) in [7, 11) is 4.31. The van der Waals surface area contributed by atoms with Gasteiger partial charge in [0.1, 0.15) is 0 Å². The summed E-state index contributed by atoms with van der Waals surface area (Å²) in [6.07, 6.45) is 5.37. The Morgan fingerprint density at radius 3 is 2.44 bits per heavy atom. The Labute approximate surface area is 114 Å². The van der Waals surface area contributed by atoms with Crippen molar-refractivity contribution in [1.29, 1.82) is 0 Å². The van der Waals surface area contributed by atoms with Gasteiger partial charge in [-0.2, -0.15) is 0 Å². The van der Waals surface area contributed by atoms with E-state index >= 15 is 0 Å². The number of hydrogen-bond acceptors (Lipinski definition) is 3. The average molecular weight is 255 g/mol. The van der Waals surface area contributed by atoms with Gasteiger partial charge in [-0.25, -0.2) is 0 Å². The smallest absolute Gasteiger partial charge is 0.0220 e. The number of piperidine rings is 1. The summed E-state index contributed by atoms with van der Waals surface area (Å²) in [6.45, 7) is 9.30. The third-order valence-corrected chi connectivity index (χ3v) is 3.92. The third kappa shape index (κ3) is 6.17. The van der Waals surface area contributed by atoms with Crippen molar-refractivity contribution < 1.29 is 0 Å². The second kappa shape index (κ2) is 8.13. The summed E-state index contributed by atoms with van der Waals surface area (Å²) in [4.78, 5) is 2.28. The molecule has 108 valence electrons. The van der Waals surface area contributed by atoms with Gasteiger partial charge in [-0.3, -0.25) is 0 Å². The summed E-state index contributed by atoms with van der Waals surface area (Å²) in [5.41, 5.74) is 0. The van der Waals surface area contributed by atoms with Crippen molar-refractivity contribution in [3.63, 3.8) is 0 Å². The molecule has 0 radical (unpaired) electrons. The van der Waals surface area contributed by atoms with Crippen LogP contribution in [0.5, 0.6) is 0 Å². The topological polar surface area (TPSA) is 27.3 Å². The van der Waals surface area contributed by atoms with Gasteiger partial charge in [0.05, 0.1) is 0 Å². The van der Waals surface area contributed by atoms with Crippen molar-refractivity contribution in [2.45, 2.75) is 64.6 Å². The Morgan fingerprint density at radius 2 is 1.94 bits per heavy atom. The molecule has 1 saturated heterocycles. The first kappa shape index (κ1) is 15.9. The van der Waals surface area contributed by atoms with Crippen molar-refractivity contribution in [1.82, 2.24) is 15.5 Å². The van der Waals surface area contributed by atoms with E-state index in [9.17, 15) is 0 Å². The lowest BCUT2D eigenvalue weighted by Crippen LogP contribution is -2.48. The molecule has 0 aromatic heterocycles. The van der Waals surface area contributed by atoms with Crippen LogP contribution in [0.1, 0.15) is 46.5 Å². The Balaban J connectivity index is 2.32. The van der Waals surface area contributed by atoms with E-state index in [2.05, 4.69) is 50.4 Å². The van der Waals surface area contributed by atoms with Crippen molar-refractivity contribution in [2.75, 3.05) is 27.2 Å². The first-order valence-corrected chi connectivity index (χ1v) is 7.63. The van der Waals surface area contributed by atoms with E-state index in [1.165, 1.54) is 32.2 Å². The fraction of sp³-hybridized carbons (Fsp3) is 1.00. The van der Waals surface area contributed by atoms with E-state index in [0.717, 1.165) is 12.6 Å². The van der Waals surface area contributed by atoms with Gasteiger partial charge in [-0.05, 0) is 52.7 Å². The molecule has 3 nitrogen and oxygen atoms in total. The lowest BCUT2D eigenvalue weighted by molar-refractivity contribution is 0.255. The predicted molar refractivity (Wildman–Crippen MR) is 80.0 cm³/mol. The molecule has 0 bridgehead atoms. The minimum atomic E-state index is 0.596. The van der Waals surface area contributed by atoms with Gasteiger partial charge >= 0.3 is 0 Å². The molecule has 0 saturated carbocycles.